The minimum atomic E-state index is -0.0876. The molecule has 7 nitrogen and oxygen atoms in total. The lowest BCUT2D eigenvalue weighted by atomic mass is 10.2. The average Bonchev–Trinajstić information content (AvgIpc) is 3.45. The van der Waals surface area contributed by atoms with Crippen LogP contribution in [0.5, 0.6) is 5.75 Å². The lowest BCUT2D eigenvalue weighted by Crippen LogP contribution is -2.11. The molecule has 8 heteroatoms. The summed E-state index contributed by atoms with van der Waals surface area (Å²) in [5, 5.41) is 9.36. The number of amides is 1. The third-order valence-corrected chi connectivity index (χ3v) is 5.26. The van der Waals surface area contributed by atoms with E-state index >= 15 is 0 Å². The quantitative estimate of drug-likeness (QED) is 0.388. The molecule has 4 rings (SSSR count). The first-order valence-electron chi connectivity index (χ1n) is 10.1. The summed E-state index contributed by atoms with van der Waals surface area (Å²) >= 11 is 1.40. The van der Waals surface area contributed by atoms with E-state index in [-0.39, 0.29) is 5.91 Å². The number of thiazole rings is 1. The van der Waals surface area contributed by atoms with Crippen LogP contribution in [0.2, 0.25) is 0 Å². The number of rotatable bonds is 9. The summed E-state index contributed by atoms with van der Waals surface area (Å²) < 4.78 is 10.7. The largest absolute Gasteiger partial charge is 0.494 e. The van der Waals surface area contributed by atoms with Crippen molar-refractivity contribution >= 4 is 22.4 Å². The lowest BCUT2D eigenvalue weighted by Gasteiger charge is -2.03. The molecule has 4 aromatic rings. The van der Waals surface area contributed by atoms with E-state index in [9.17, 15) is 4.79 Å². The highest BCUT2D eigenvalue weighted by atomic mass is 32.1. The van der Waals surface area contributed by atoms with Crippen LogP contribution in [0.3, 0.4) is 0 Å². The third kappa shape index (κ3) is 5.55. The van der Waals surface area contributed by atoms with Gasteiger partial charge >= 0.3 is 0 Å². The molecule has 2 aromatic heterocycles. The molecule has 2 heterocycles. The van der Waals surface area contributed by atoms with Crippen LogP contribution >= 0.6 is 11.3 Å². The highest BCUT2D eigenvalue weighted by Gasteiger charge is 2.11. The molecule has 0 atom stereocenters. The number of aryl methyl sites for hydroxylation is 1. The zero-order chi connectivity index (χ0) is 21.5. The number of hydrogen-bond acceptors (Lipinski definition) is 7. The normalized spacial score (nSPS) is 10.7. The van der Waals surface area contributed by atoms with Crippen LogP contribution in [0.15, 0.2) is 64.5 Å². The van der Waals surface area contributed by atoms with Gasteiger partial charge in [0.1, 0.15) is 5.75 Å². The Hall–Kier alpha value is -3.52. The SMILES string of the molecule is CCOc1ccc(-c2csc(NC(=O)CCCc3nc(-c4ccccc4)no3)n2)cc1. The van der Waals surface area contributed by atoms with Crippen molar-refractivity contribution in [3.8, 4) is 28.4 Å². The highest BCUT2D eigenvalue weighted by Crippen LogP contribution is 2.26. The summed E-state index contributed by atoms with van der Waals surface area (Å²) in [7, 11) is 0. The van der Waals surface area contributed by atoms with Crippen molar-refractivity contribution in [1.29, 1.82) is 0 Å². The zero-order valence-electron chi connectivity index (χ0n) is 17.1. The molecule has 0 unspecified atom stereocenters. The lowest BCUT2D eigenvalue weighted by molar-refractivity contribution is -0.116. The summed E-state index contributed by atoms with van der Waals surface area (Å²) in [6.07, 6.45) is 1.50. The molecule has 0 fully saturated rings. The Morgan fingerprint density at radius 3 is 2.65 bits per heavy atom. The van der Waals surface area contributed by atoms with E-state index in [4.69, 9.17) is 9.26 Å². The number of benzene rings is 2. The minimum absolute atomic E-state index is 0.0876. The van der Waals surface area contributed by atoms with Gasteiger partial charge in [0.05, 0.1) is 12.3 Å². The Morgan fingerprint density at radius 1 is 1.06 bits per heavy atom. The van der Waals surface area contributed by atoms with E-state index in [0.29, 0.717) is 42.7 Å². The van der Waals surface area contributed by atoms with Gasteiger partial charge in [0.25, 0.3) is 0 Å². The van der Waals surface area contributed by atoms with Crippen LogP contribution in [-0.4, -0.2) is 27.6 Å². The average molecular weight is 435 g/mol. The maximum Gasteiger partial charge on any atom is 0.226 e. The Labute approximate surface area is 184 Å². The van der Waals surface area contributed by atoms with Gasteiger partial charge in [0.2, 0.25) is 17.6 Å². The summed E-state index contributed by atoms with van der Waals surface area (Å²) in [5.74, 6) is 1.82. The molecule has 0 spiro atoms. The predicted molar refractivity (Wildman–Crippen MR) is 120 cm³/mol. The van der Waals surface area contributed by atoms with Crippen molar-refractivity contribution < 1.29 is 14.1 Å². The molecule has 158 valence electrons. The van der Waals surface area contributed by atoms with E-state index in [1.54, 1.807) is 0 Å². The van der Waals surface area contributed by atoms with Crippen molar-refractivity contribution in [3.63, 3.8) is 0 Å². The number of aromatic nitrogens is 3. The molecule has 31 heavy (non-hydrogen) atoms. The standard InChI is InChI=1S/C23H22N4O3S/c1-2-29-18-13-11-16(12-14-18)19-15-31-23(24-19)25-20(28)9-6-10-21-26-22(27-30-21)17-7-4-3-5-8-17/h3-5,7-8,11-15H,2,6,9-10H2,1H3,(H,24,25,28). The Morgan fingerprint density at radius 2 is 1.87 bits per heavy atom. The first-order chi connectivity index (χ1) is 15.2. The van der Waals surface area contributed by atoms with Crippen LogP contribution in [0.1, 0.15) is 25.7 Å². The molecule has 0 saturated heterocycles. The van der Waals surface area contributed by atoms with Gasteiger partial charge in [-0.05, 0) is 37.6 Å². The molecule has 0 saturated carbocycles. The molecular formula is C23H22N4O3S. The van der Waals surface area contributed by atoms with E-state index in [2.05, 4.69) is 20.4 Å². The van der Waals surface area contributed by atoms with Crippen molar-refractivity contribution in [1.82, 2.24) is 15.1 Å². The van der Waals surface area contributed by atoms with Crippen LogP contribution in [0.4, 0.5) is 5.13 Å². The maximum absolute atomic E-state index is 12.3. The number of anilines is 1. The second kappa shape index (κ2) is 9.99. The Kier molecular flexibility index (Phi) is 6.68. The monoisotopic (exact) mass is 434 g/mol. The molecule has 0 aliphatic carbocycles. The number of nitrogens with one attached hydrogen (secondary N) is 1. The van der Waals surface area contributed by atoms with Crippen molar-refractivity contribution in [2.24, 2.45) is 0 Å². The maximum atomic E-state index is 12.3. The van der Waals surface area contributed by atoms with Crippen molar-refractivity contribution in [2.45, 2.75) is 26.2 Å². The number of hydrogen-bond donors (Lipinski definition) is 1. The van der Waals surface area contributed by atoms with E-state index in [1.807, 2.05) is 66.9 Å². The molecule has 1 amide bonds. The number of carbonyl (C=O) groups is 1. The Balaban J connectivity index is 1.25. The molecular weight excluding hydrogens is 412 g/mol. The third-order valence-electron chi connectivity index (χ3n) is 4.51. The number of carbonyl (C=O) groups excluding carboxylic acids is 1. The van der Waals surface area contributed by atoms with Gasteiger partial charge in [0.15, 0.2) is 5.13 Å². The van der Waals surface area contributed by atoms with Gasteiger partial charge in [-0.2, -0.15) is 4.98 Å². The zero-order valence-corrected chi connectivity index (χ0v) is 17.9. The summed E-state index contributed by atoms with van der Waals surface area (Å²) in [5.41, 5.74) is 2.70. The van der Waals surface area contributed by atoms with Crippen LogP contribution in [0, 0.1) is 0 Å². The van der Waals surface area contributed by atoms with E-state index in [1.165, 1.54) is 11.3 Å². The molecule has 0 bridgehead atoms. The van der Waals surface area contributed by atoms with Crippen molar-refractivity contribution in [2.75, 3.05) is 11.9 Å². The van der Waals surface area contributed by atoms with Crippen LogP contribution in [0.25, 0.3) is 22.6 Å². The highest BCUT2D eigenvalue weighted by molar-refractivity contribution is 7.14. The van der Waals surface area contributed by atoms with Gasteiger partial charge in [-0.25, -0.2) is 4.98 Å². The fourth-order valence-electron chi connectivity index (χ4n) is 3.00. The summed E-state index contributed by atoms with van der Waals surface area (Å²) in [6, 6.07) is 17.4. The first-order valence-corrected chi connectivity index (χ1v) is 11.0. The second-order valence-electron chi connectivity index (χ2n) is 6.77. The number of ether oxygens (including phenoxy) is 1. The molecule has 1 N–H and O–H groups in total. The van der Waals surface area contributed by atoms with E-state index < -0.39 is 0 Å². The molecule has 0 radical (unpaired) electrons. The van der Waals surface area contributed by atoms with Gasteiger partial charge in [-0.1, -0.05) is 35.5 Å². The minimum Gasteiger partial charge on any atom is -0.494 e. The smallest absolute Gasteiger partial charge is 0.226 e. The first kappa shape index (κ1) is 20.7. The van der Waals surface area contributed by atoms with E-state index in [0.717, 1.165) is 22.6 Å². The van der Waals surface area contributed by atoms with Gasteiger partial charge in [-0.15, -0.1) is 11.3 Å². The van der Waals surface area contributed by atoms with Crippen LogP contribution in [-0.2, 0) is 11.2 Å². The predicted octanol–water partition coefficient (Wildman–Crippen LogP) is 5.22. The Bertz CT molecular complexity index is 1120. The van der Waals surface area contributed by atoms with Crippen molar-refractivity contribution in [3.05, 3.63) is 65.9 Å². The fourth-order valence-corrected chi connectivity index (χ4v) is 3.73. The second-order valence-corrected chi connectivity index (χ2v) is 7.63. The van der Waals surface area contributed by atoms with Gasteiger partial charge in [-0.3, -0.25) is 4.79 Å². The molecule has 0 aliphatic rings. The summed E-state index contributed by atoms with van der Waals surface area (Å²) in [6.45, 7) is 2.58. The molecule has 0 aliphatic heterocycles. The fraction of sp³-hybridized carbons (Fsp3) is 0.217. The topological polar surface area (TPSA) is 90.1 Å². The molecule has 2 aromatic carbocycles. The number of nitrogens with zero attached hydrogens (tertiary/aromatic N) is 3. The van der Waals surface area contributed by atoms with Gasteiger partial charge in [0, 0.05) is 29.3 Å². The summed E-state index contributed by atoms with van der Waals surface area (Å²) in [4.78, 5) is 21.2. The van der Waals surface area contributed by atoms with Crippen LogP contribution < -0.4 is 10.1 Å². The van der Waals surface area contributed by atoms with Gasteiger partial charge < -0.3 is 14.6 Å².